The SMILES string of the molecule is C/C(=N\S(=O)C(C)(C)C)C12CC(NC(=O)OC(C)(C)C)(C1)C2. The van der Waals surface area contributed by atoms with Crippen molar-refractivity contribution in [3.8, 4) is 0 Å². The van der Waals surface area contributed by atoms with Gasteiger partial charge in [-0.15, -0.1) is 0 Å². The first-order valence-corrected chi connectivity index (χ1v) is 8.87. The van der Waals surface area contributed by atoms with Crippen molar-refractivity contribution < 1.29 is 13.7 Å². The largest absolute Gasteiger partial charge is 0.444 e. The van der Waals surface area contributed by atoms with Gasteiger partial charge in [-0.3, -0.25) is 0 Å². The van der Waals surface area contributed by atoms with Crippen molar-refractivity contribution >= 4 is 22.8 Å². The molecule has 6 heteroatoms. The van der Waals surface area contributed by atoms with Crippen molar-refractivity contribution in [2.24, 2.45) is 9.81 Å². The third kappa shape index (κ3) is 3.36. The highest BCUT2D eigenvalue weighted by Gasteiger charge is 2.70. The number of nitrogens with zero attached hydrogens (tertiary/aromatic N) is 1. The van der Waals surface area contributed by atoms with Crippen molar-refractivity contribution in [1.82, 2.24) is 5.32 Å². The molecule has 2 bridgehead atoms. The van der Waals surface area contributed by atoms with E-state index in [2.05, 4.69) is 9.71 Å². The van der Waals surface area contributed by atoms with Crippen LogP contribution in [-0.2, 0) is 15.7 Å². The summed E-state index contributed by atoms with van der Waals surface area (Å²) in [7, 11) is -1.22. The Bertz CT molecular complexity index is 521. The molecule has 0 aromatic heterocycles. The maximum atomic E-state index is 12.1. The van der Waals surface area contributed by atoms with Gasteiger partial charge in [0.1, 0.15) is 16.6 Å². The lowest BCUT2D eigenvalue weighted by molar-refractivity contribution is -0.0995. The standard InChI is InChI=1S/C16H28N2O3S/c1-11(18-22(20)14(5,6)7)15-8-16(9-15,10-15)17-12(19)21-13(2,3)4/h8-10H2,1-7H3,(H,17,19)/b18-11+. The predicted molar refractivity (Wildman–Crippen MR) is 89.4 cm³/mol. The lowest BCUT2D eigenvalue weighted by atomic mass is 9.38. The molecule has 0 spiro atoms. The minimum atomic E-state index is -1.22. The van der Waals surface area contributed by atoms with Gasteiger partial charge in [-0.1, -0.05) is 0 Å². The van der Waals surface area contributed by atoms with Gasteiger partial charge in [0.05, 0.1) is 4.75 Å². The summed E-state index contributed by atoms with van der Waals surface area (Å²) in [5, 5.41) is 2.99. The fourth-order valence-corrected chi connectivity index (χ4v) is 3.90. The van der Waals surface area contributed by atoms with Crippen molar-refractivity contribution in [3.05, 3.63) is 0 Å². The number of carbonyl (C=O) groups is 1. The Morgan fingerprint density at radius 3 is 2.05 bits per heavy atom. The van der Waals surface area contributed by atoms with Gasteiger partial charge >= 0.3 is 6.09 Å². The molecule has 22 heavy (non-hydrogen) atoms. The lowest BCUT2D eigenvalue weighted by Crippen LogP contribution is -2.76. The maximum absolute atomic E-state index is 12.1. The van der Waals surface area contributed by atoms with Gasteiger partial charge in [-0.05, 0) is 67.7 Å². The maximum Gasteiger partial charge on any atom is 0.408 e. The predicted octanol–water partition coefficient (Wildman–Crippen LogP) is 3.36. The lowest BCUT2D eigenvalue weighted by Gasteiger charge is -2.70. The highest BCUT2D eigenvalue weighted by atomic mass is 32.2. The highest BCUT2D eigenvalue weighted by Crippen LogP contribution is 2.68. The van der Waals surface area contributed by atoms with Crippen LogP contribution < -0.4 is 5.32 Å². The van der Waals surface area contributed by atoms with E-state index in [1.807, 2.05) is 48.5 Å². The van der Waals surface area contributed by atoms with Crippen molar-refractivity contribution in [1.29, 1.82) is 0 Å². The minimum absolute atomic E-state index is 0.0376. The zero-order chi connectivity index (χ0) is 17.0. The van der Waals surface area contributed by atoms with E-state index in [1.165, 1.54) is 0 Å². The average molecular weight is 328 g/mol. The van der Waals surface area contributed by atoms with Gasteiger partial charge in [0.25, 0.3) is 0 Å². The van der Waals surface area contributed by atoms with Crippen LogP contribution in [0.4, 0.5) is 4.79 Å². The molecule has 1 amide bonds. The number of amides is 1. The molecule has 3 rings (SSSR count). The van der Waals surface area contributed by atoms with E-state index in [0.717, 1.165) is 25.0 Å². The average Bonchev–Trinajstić information content (AvgIpc) is 2.16. The Kier molecular flexibility index (Phi) is 4.00. The minimum Gasteiger partial charge on any atom is -0.444 e. The first kappa shape index (κ1) is 17.4. The second-order valence-electron chi connectivity index (χ2n) is 8.76. The molecular weight excluding hydrogens is 300 g/mol. The third-order valence-corrected chi connectivity index (χ3v) is 5.80. The fourth-order valence-electron chi connectivity index (χ4n) is 3.18. The second kappa shape index (κ2) is 5.05. The molecule has 3 fully saturated rings. The normalized spacial score (nSPS) is 32.6. The molecule has 126 valence electrons. The Labute approximate surface area is 135 Å². The van der Waals surface area contributed by atoms with E-state index in [0.29, 0.717) is 0 Å². The molecule has 3 aliphatic rings. The molecule has 3 aliphatic carbocycles. The van der Waals surface area contributed by atoms with Crippen LogP contribution in [-0.4, -0.2) is 31.9 Å². The number of nitrogens with one attached hydrogen (secondary N) is 1. The van der Waals surface area contributed by atoms with Crippen molar-refractivity contribution in [3.63, 3.8) is 0 Å². The molecule has 0 heterocycles. The van der Waals surface area contributed by atoms with E-state index in [4.69, 9.17) is 4.74 Å². The van der Waals surface area contributed by atoms with Crippen LogP contribution in [0.1, 0.15) is 67.7 Å². The quantitative estimate of drug-likeness (QED) is 0.808. The Balaban J connectivity index is 1.91. The summed E-state index contributed by atoms with van der Waals surface area (Å²) in [5.41, 5.74) is 0.374. The van der Waals surface area contributed by atoms with Crippen LogP contribution in [0, 0.1) is 5.41 Å². The second-order valence-corrected chi connectivity index (χ2v) is 10.7. The number of hydrogen-bond acceptors (Lipinski definition) is 3. The number of alkyl carbamates (subject to hydrolysis) is 1. The van der Waals surface area contributed by atoms with Crippen LogP contribution in [0.25, 0.3) is 0 Å². The van der Waals surface area contributed by atoms with E-state index in [9.17, 15) is 9.00 Å². The van der Waals surface area contributed by atoms with E-state index in [-0.39, 0.29) is 21.8 Å². The molecule has 1 N–H and O–H groups in total. The van der Waals surface area contributed by atoms with E-state index >= 15 is 0 Å². The molecule has 0 radical (unpaired) electrons. The molecular formula is C16H28N2O3S. The first-order chi connectivity index (χ1) is 9.77. The van der Waals surface area contributed by atoms with Crippen molar-refractivity contribution in [2.45, 2.75) is 83.6 Å². The Hall–Kier alpha value is -0.910. The summed E-state index contributed by atoms with van der Waals surface area (Å²) < 4.78 is 21.5. The van der Waals surface area contributed by atoms with Gasteiger partial charge in [0.2, 0.25) is 0 Å². The van der Waals surface area contributed by atoms with Crippen LogP contribution in [0.3, 0.4) is 0 Å². The Morgan fingerprint density at radius 1 is 1.14 bits per heavy atom. The van der Waals surface area contributed by atoms with Crippen LogP contribution in [0.2, 0.25) is 0 Å². The third-order valence-electron chi connectivity index (χ3n) is 4.31. The number of carbonyl (C=O) groups excluding carboxylic acids is 1. The van der Waals surface area contributed by atoms with E-state index < -0.39 is 16.6 Å². The molecule has 0 aromatic carbocycles. The summed E-state index contributed by atoms with van der Waals surface area (Å²) >= 11 is 0. The van der Waals surface area contributed by atoms with E-state index in [1.54, 1.807) is 0 Å². The molecule has 0 aliphatic heterocycles. The molecule has 1 unspecified atom stereocenters. The number of rotatable bonds is 3. The fraction of sp³-hybridized carbons (Fsp3) is 0.875. The number of ether oxygens (including phenoxy) is 1. The molecule has 3 saturated carbocycles. The summed E-state index contributed by atoms with van der Waals surface area (Å²) in [6, 6.07) is 0. The van der Waals surface area contributed by atoms with Crippen LogP contribution in [0.15, 0.2) is 4.40 Å². The first-order valence-electron chi connectivity index (χ1n) is 7.76. The zero-order valence-electron chi connectivity index (χ0n) is 14.7. The monoisotopic (exact) mass is 328 g/mol. The summed E-state index contributed by atoms with van der Waals surface area (Å²) in [4.78, 5) is 11.9. The summed E-state index contributed by atoms with van der Waals surface area (Å²) in [6.45, 7) is 13.3. The van der Waals surface area contributed by atoms with Gasteiger partial charge in [-0.2, -0.15) is 4.40 Å². The van der Waals surface area contributed by atoms with Crippen LogP contribution >= 0.6 is 0 Å². The molecule has 5 nitrogen and oxygen atoms in total. The summed E-state index contributed by atoms with van der Waals surface area (Å²) in [5.74, 6) is 0. The molecule has 1 atom stereocenters. The zero-order valence-corrected chi connectivity index (χ0v) is 15.5. The number of hydrogen-bond donors (Lipinski definition) is 1. The topological polar surface area (TPSA) is 67.8 Å². The highest BCUT2D eigenvalue weighted by molar-refractivity contribution is 7.85. The van der Waals surface area contributed by atoms with Gasteiger partial charge < -0.3 is 10.1 Å². The molecule has 0 aromatic rings. The smallest absolute Gasteiger partial charge is 0.408 e. The van der Waals surface area contributed by atoms with Gasteiger partial charge in [-0.25, -0.2) is 9.00 Å². The summed E-state index contributed by atoms with van der Waals surface area (Å²) in [6.07, 6.45) is 2.26. The molecule has 0 saturated heterocycles. The van der Waals surface area contributed by atoms with Gasteiger partial charge in [0, 0.05) is 16.7 Å². The van der Waals surface area contributed by atoms with Crippen LogP contribution in [0.5, 0.6) is 0 Å². The van der Waals surface area contributed by atoms with Crippen molar-refractivity contribution in [2.75, 3.05) is 0 Å². The Morgan fingerprint density at radius 2 is 1.64 bits per heavy atom. The van der Waals surface area contributed by atoms with Gasteiger partial charge in [0.15, 0.2) is 0 Å².